The zero-order valence-electron chi connectivity index (χ0n) is 16.5. The van der Waals surface area contributed by atoms with Gasteiger partial charge >= 0.3 is 0 Å². The second kappa shape index (κ2) is 11.0. The molecule has 1 N–H and O–H groups in total. The molecule has 0 aromatic heterocycles. The van der Waals surface area contributed by atoms with Crippen molar-refractivity contribution in [2.45, 2.75) is 58.5 Å². The van der Waals surface area contributed by atoms with E-state index in [-0.39, 0.29) is 23.7 Å². The quantitative estimate of drug-likeness (QED) is 0.673. The van der Waals surface area contributed by atoms with Gasteiger partial charge < -0.3 is 10.2 Å². The molecular formula is C21H32FN3O2. The molecule has 1 aromatic carbocycles. The number of carbonyl (C=O) groups excluding carboxylic acids is 2. The van der Waals surface area contributed by atoms with E-state index in [1.54, 1.807) is 12.1 Å². The Morgan fingerprint density at radius 3 is 2.56 bits per heavy atom. The van der Waals surface area contributed by atoms with Gasteiger partial charge in [0.15, 0.2) is 0 Å². The minimum absolute atomic E-state index is 0.0344. The summed E-state index contributed by atoms with van der Waals surface area (Å²) in [7, 11) is 0. The lowest BCUT2D eigenvalue weighted by molar-refractivity contribution is -0.131. The van der Waals surface area contributed by atoms with Crippen molar-refractivity contribution in [2.24, 2.45) is 0 Å². The Kier molecular flexibility index (Phi) is 8.72. The van der Waals surface area contributed by atoms with E-state index in [1.807, 2.05) is 18.7 Å². The maximum Gasteiger partial charge on any atom is 0.237 e. The largest absolute Gasteiger partial charge is 0.355 e. The van der Waals surface area contributed by atoms with E-state index in [2.05, 4.69) is 10.2 Å². The third-order valence-electron chi connectivity index (χ3n) is 5.20. The van der Waals surface area contributed by atoms with Gasteiger partial charge in [-0.25, -0.2) is 4.39 Å². The summed E-state index contributed by atoms with van der Waals surface area (Å²) in [5, 5.41) is 3.00. The fourth-order valence-corrected chi connectivity index (χ4v) is 3.60. The van der Waals surface area contributed by atoms with E-state index >= 15 is 0 Å². The summed E-state index contributed by atoms with van der Waals surface area (Å²) < 4.78 is 13.1. The molecule has 2 amide bonds. The third kappa shape index (κ3) is 6.61. The monoisotopic (exact) mass is 377 g/mol. The summed E-state index contributed by atoms with van der Waals surface area (Å²) in [4.78, 5) is 28.6. The van der Waals surface area contributed by atoms with Crippen molar-refractivity contribution in [1.29, 1.82) is 0 Å². The lowest BCUT2D eigenvalue weighted by atomic mass is 10.00. The maximum absolute atomic E-state index is 13.1. The molecule has 1 aromatic rings. The van der Waals surface area contributed by atoms with Crippen molar-refractivity contribution in [3.63, 3.8) is 0 Å². The van der Waals surface area contributed by atoms with E-state index in [0.717, 1.165) is 44.5 Å². The van der Waals surface area contributed by atoms with Crippen molar-refractivity contribution < 1.29 is 14.0 Å². The van der Waals surface area contributed by atoms with Gasteiger partial charge in [0.2, 0.25) is 11.8 Å². The molecule has 0 spiro atoms. The SMILES string of the molecule is CCN(CC)C(=O)CCCNC(=O)[C@@H]1CCCCN1Cc1ccc(F)cc1. The Morgan fingerprint density at radius 1 is 1.19 bits per heavy atom. The standard InChI is InChI=1S/C21H32FN3O2/c1-3-24(4-2)20(26)9-7-14-23-21(27)19-8-5-6-15-25(19)16-17-10-12-18(22)13-11-17/h10-13,19H,3-9,14-16H2,1-2H3,(H,23,27)/t19-/m0/s1. The summed E-state index contributed by atoms with van der Waals surface area (Å²) in [6.07, 6.45) is 4.07. The molecule has 0 aliphatic carbocycles. The molecule has 1 aliphatic heterocycles. The fraction of sp³-hybridized carbons (Fsp3) is 0.619. The highest BCUT2D eigenvalue weighted by molar-refractivity contribution is 5.82. The van der Waals surface area contributed by atoms with E-state index in [4.69, 9.17) is 0 Å². The molecule has 5 nitrogen and oxygen atoms in total. The molecule has 0 bridgehead atoms. The van der Waals surface area contributed by atoms with Crippen molar-refractivity contribution in [3.8, 4) is 0 Å². The number of hydrogen-bond acceptors (Lipinski definition) is 3. The maximum atomic E-state index is 13.1. The second-order valence-electron chi connectivity index (χ2n) is 7.07. The highest BCUT2D eigenvalue weighted by Crippen LogP contribution is 2.20. The fourth-order valence-electron chi connectivity index (χ4n) is 3.60. The summed E-state index contributed by atoms with van der Waals surface area (Å²) >= 11 is 0. The van der Waals surface area contributed by atoms with Gasteiger partial charge in [0, 0.05) is 32.6 Å². The van der Waals surface area contributed by atoms with E-state index in [9.17, 15) is 14.0 Å². The van der Waals surface area contributed by atoms with Gasteiger partial charge in [-0.2, -0.15) is 0 Å². The lowest BCUT2D eigenvalue weighted by Gasteiger charge is -2.34. The smallest absolute Gasteiger partial charge is 0.237 e. The summed E-state index contributed by atoms with van der Waals surface area (Å²) in [6.45, 7) is 7.44. The zero-order chi connectivity index (χ0) is 19.6. The van der Waals surface area contributed by atoms with Crippen molar-refractivity contribution >= 4 is 11.8 Å². The van der Waals surface area contributed by atoms with Gasteiger partial charge in [0.05, 0.1) is 6.04 Å². The van der Waals surface area contributed by atoms with Crippen LogP contribution in [-0.2, 0) is 16.1 Å². The van der Waals surface area contributed by atoms with Crippen molar-refractivity contribution in [3.05, 3.63) is 35.6 Å². The van der Waals surface area contributed by atoms with E-state index in [0.29, 0.717) is 25.9 Å². The van der Waals surface area contributed by atoms with Crippen LogP contribution in [0.25, 0.3) is 0 Å². The third-order valence-corrected chi connectivity index (χ3v) is 5.20. The van der Waals surface area contributed by atoms with Crippen LogP contribution in [0, 0.1) is 5.82 Å². The average Bonchev–Trinajstić information content (AvgIpc) is 2.68. The summed E-state index contributed by atoms with van der Waals surface area (Å²) in [5.74, 6) is -0.0668. The molecular weight excluding hydrogens is 345 g/mol. The number of carbonyl (C=O) groups is 2. The Bertz CT molecular complexity index is 602. The lowest BCUT2D eigenvalue weighted by Crippen LogP contribution is -2.49. The predicted molar refractivity (Wildman–Crippen MR) is 105 cm³/mol. The highest BCUT2D eigenvalue weighted by Gasteiger charge is 2.28. The number of nitrogens with zero attached hydrogens (tertiary/aromatic N) is 2. The minimum Gasteiger partial charge on any atom is -0.355 e. The van der Waals surface area contributed by atoms with Gasteiger partial charge in [-0.3, -0.25) is 14.5 Å². The van der Waals surface area contributed by atoms with Crippen LogP contribution < -0.4 is 5.32 Å². The number of likely N-dealkylation sites (tertiary alicyclic amines) is 1. The number of nitrogens with one attached hydrogen (secondary N) is 1. The van der Waals surface area contributed by atoms with Crippen LogP contribution in [0.4, 0.5) is 4.39 Å². The number of piperidine rings is 1. The van der Waals surface area contributed by atoms with Crippen molar-refractivity contribution in [1.82, 2.24) is 15.1 Å². The molecule has 1 saturated heterocycles. The van der Waals surface area contributed by atoms with Crippen molar-refractivity contribution in [2.75, 3.05) is 26.2 Å². The van der Waals surface area contributed by atoms with Crippen LogP contribution >= 0.6 is 0 Å². The molecule has 1 atom stereocenters. The second-order valence-corrected chi connectivity index (χ2v) is 7.07. The number of rotatable bonds is 9. The molecule has 0 radical (unpaired) electrons. The number of halogens is 1. The topological polar surface area (TPSA) is 52.7 Å². The molecule has 1 fully saturated rings. The first-order valence-corrected chi connectivity index (χ1v) is 10.1. The number of amides is 2. The molecule has 0 unspecified atom stereocenters. The minimum atomic E-state index is -0.244. The first-order chi connectivity index (χ1) is 13.0. The molecule has 27 heavy (non-hydrogen) atoms. The highest BCUT2D eigenvalue weighted by atomic mass is 19.1. The number of benzene rings is 1. The van der Waals surface area contributed by atoms with Gasteiger partial charge in [-0.15, -0.1) is 0 Å². The van der Waals surface area contributed by atoms with Crippen LogP contribution in [0.5, 0.6) is 0 Å². The summed E-state index contributed by atoms with van der Waals surface area (Å²) in [6, 6.07) is 6.32. The Hall–Kier alpha value is -1.95. The zero-order valence-corrected chi connectivity index (χ0v) is 16.5. The Labute approximate surface area is 161 Å². The molecule has 1 heterocycles. The van der Waals surface area contributed by atoms with Crippen LogP contribution in [0.2, 0.25) is 0 Å². The van der Waals surface area contributed by atoms with Crippen LogP contribution in [0.15, 0.2) is 24.3 Å². The first kappa shape index (κ1) is 21.4. The van der Waals surface area contributed by atoms with Gasteiger partial charge in [0.25, 0.3) is 0 Å². The van der Waals surface area contributed by atoms with Crippen LogP contribution in [-0.4, -0.2) is 53.8 Å². The Balaban J connectivity index is 1.80. The summed E-state index contributed by atoms with van der Waals surface area (Å²) in [5.41, 5.74) is 1.01. The average molecular weight is 378 g/mol. The molecule has 1 aliphatic rings. The molecule has 150 valence electrons. The molecule has 0 saturated carbocycles. The van der Waals surface area contributed by atoms with E-state index in [1.165, 1.54) is 12.1 Å². The number of hydrogen-bond donors (Lipinski definition) is 1. The molecule has 2 rings (SSSR count). The van der Waals surface area contributed by atoms with E-state index < -0.39 is 0 Å². The van der Waals surface area contributed by atoms with Crippen LogP contribution in [0.3, 0.4) is 0 Å². The Morgan fingerprint density at radius 2 is 1.89 bits per heavy atom. The normalized spacial score (nSPS) is 17.5. The van der Waals surface area contributed by atoms with Gasteiger partial charge in [-0.05, 0) is 57.4 Å². The van der Waals surface area contributed by atoms with Crippen LogP contribution in [0.1, 0.15) is 51.5 Å². The molecule has 6 heteroatoms. The van der Waals surface area contributed by atoms with Gasteiger partial charge in [0.1, 0.15) is 5.82 Å². The first-order valence-electron chi connectivity index (χ1n) is 10.1. The predicted octanol–water partition coefficient (Wildman–Crippen LogP) is 2.95. The van der Waals surface area contributed by atoms with Gasteiger partial charge in [-0.1, -0.05) is 18.6 Å².